The lowest BCUT2D eigenvalue weighted by molar-refractivity contribution is -0.136. The first-order valence-corrected chi connectivity index (χ1v) is 11.2. The highest BCUT2D eigenvalue weighted by atomic mass is 16.2. The van der Waals surface area contributed by atoms with Crippen molar-refractivity contribution in [2.45, 2.75) is 63.9 Å². The van der Waals surface area contributed by atoms with Gasteiger partial charge in [0.1, 0.15) is 6.04 Å². The van der Waals surface area contributed by atoms with Crippen molar-refractivity contribution < 1.29 is 14.4 Å². The molecule has 168 valence electrons. The summed E-state index contributed by atoms with van der Waals surface area (Å²) in [6.45, 7) is 3.33. The summed E-state index contributed by atoms with van der Waals surface area (Å²) in [7, 11) is 0. The molecule has 0 spiro atoms. The summed E-state index contributed by atoms with van der Waals surface area (Å²) < 4.78 is 1.88. The third-order valence-corrected chi connectivity index (χ3v) is 6.42. The first-order valence-electron chi connectivity index (χ1n) is 11.2. The largest absolute Gasteiger partial charge is 0.322 e. The summed E-state index contributed by atoms with van der Waals surface area (Å²) in [5.41, 5.74) is 3.31. The number of nitrogens with zero attached hydrogens (tertiary/aromatic N) is 4. The maximum atomic E-state index is 13.1. The van der Waals surface area contributed by atoms with Gasteiger partial charge in [-0.05, 0) is 36.9 Å². The van der Waals surface area contributed by atoms with Gasteiger partial charge in [0.2, 0.25) is 11.8 Å². The van der Waals surface area contributed by atoms with Crippen molar-refractivity contribution in [1.82, 2.24) is 35.8 Å². The Labute approximate surface area is 185 Å². The highest BCUT2D eigenvalue weighted by Gasteiger charge is 2.39. The van der Waals surface area contributed by atoms with E-state index in [1.807, 2.05) is 29.1 Å². The number of fused-ring (bicyclic) bond motifs is 1. The van der Waals surface area contributed by atoms with Gasteiger partial charge >= 0.3 is 0 Å². The van der Waals surface area contributed by atoms with Gasteiger partial charge in [-0.25, -0.2) is 0 Å². The highest BCUT2D eigenvalue weighted by Crippen LogP contribution is 2.29. The van der Waals surface area contributed by atoms with Crippen LogP contribution in [0, 0.1) is 0 Å². The van der Waals surface area contributed by atoms with Crippen molar-refractivity contribution >= 4 is 17.7 Å². The normalized spacial score (nSPS) is 23.0. The molecule has 3 aliphatic heterocycles. The summed E-state index contributed by atoms with van der Waals surface area (Å²) in [6, 6.07) is 5.65. The second kappa shape index (κ2) is 8.79. The predicted octanol–water partition coefficient (Wildman–Crippen LogP) is 0.0809. The second-order valence-corrected chi connectivity index (χ2v) is 8.68. The molecule has 3 amide bonds. The average Bonchev–Trinajstić information content (AvgIpc) is 3.51. The van der Waals surface area contributed by atoms with Crippen LogP contribution in [0.3, 0.4) is 0 Å². The van der Waals surface area contributed by atoms with Gasteiger partial charge in [0, 0.05) is 43.9 Å². The van der Waals surface area contributed by atoms with E-state index in [0.29, 0.717) is 37.7 Å². The van der Waals surface area contributed by atoms with Crippen LogP contribution >= 0.6 is 0 Å². The van der Waals surface area contributed by atoms with E-state index in [1.165, 1.54) is 6.42 Å². The molecule has 2 saturated heterocycles. The average molecular weight is 438 g/mol. The molecule has 0 aliphatic carbocycles. The molecule has 0 radical (unpaired) electrons. The zero-order valence-electron chi connectivity index (χ0n) is 17.8. The van der Waals surface area contributed by atoms with Gasteiger partial charge in [0.25, 0.3) is 5.91 Å². The molecule has 4 heterocycles. The lowest BCUT2D eigenvalue weighted by Crippen LogP contribution is -2.52. The minimum absolute atomic E-state index is 0.151. The molecule has 3 N–H and O–H groups in total. The van der Waals surface area contributed by atoms with Crippen LogP contribution in [0.25, 0.3) is 0 Å². The fraction of sp³-hybridized carbons (Fsp3) is 0.500. The van der Waals surface area contributed by atoms with E-state index >= 15 is 0 Å². The fourth-order valence-electron chi connectivity index (χ4n) is 4.81. The number of carbonyl (C=O) groups is 3. The van der Waals surface area contributed by atoms with E-state index in [0.717, 1.165) is 36.3 Å². The zero-order valence-corrected chi connectivity index (χ0v) is 17.8. The topological polar surface area (TPSA) is 121 Å². The quantitative estimate of drug-likeness (QED) is 0.525. The smallest absolute Gasteiger partial charge is 0.255 e. The lowest BCUT2D eigenvalue weighted by Gasteiger charge is -2.29. The number of piperidine rings is 1. The number of aromatic nitrogens is 3. The Morgan fingerprint density at radius 3 is 2.88 bits per heavy atom. The molecule has 10 heteroatoms. The second-order valence-electron chi connectivity index (χ2n) is 8.68. The summed E-state index contributed by atoms with van der Waals surface area (Å²) >= 11 is 0. The van der Waals surface area contributed by atoms with Gasteiger partial charge in [0.05, 0.1) is 12.2 Å². The van der Waals surface area contributed by atoms with Crippen LogP contribution in [0.5, 0.6) is 0 Å². The van der Waals surface area contributed by atoms with Crippen LogP contribution in [-0.4, -0.2) is 56.2 Å². The minimum atomic E-state index is -0.599. The van der Waals surface area contributed by atoms with E-state index in [-0.39, 0.29) is 18.2 Å². The van der Waals surface area contributed by atoms with Crippen molar-refractivity contribution in [1.29, 1.82) is 0 Å². The number of hydrogen-bond acceptors (Lipinski definition) is 7. The zero-order chi connectivity index (χ0) is 22.1. The molecule has 0 saturated carbocycles. The van der Waals surface area contributed by atoms with Crippen molar-refractivity contribution in [2.75, 3.05) is 6.54 Å². The van der Waals surface area contributed by atoms with Gasteiger partial charge in [0.15, 0.2) is 0 Å². The van der Waals surface area contributed by atoms with Crippen molar-refractivity contribution in [3.8, 4) is 0 Å². The lowest BCUT2D eigenvalue weighted by atomic mass is 10.0. The maximum absolute atomic E-state index is 13.1. The van der Waals surface area contributed by atoms with Gasteiger partial charge < -0.3 is 15.5 Å². The number of hydrogen-bond donors (Lipinski definition) is 3. The van der Waals surface area contributed by atoms with E-state index in [9.17, 15) is 14.4 Å². The highest BCUT2D eigenvalue weighted by molar-refractivity contribution is 6.05. The summed E-state index contributed by atoms with van der Waals surface area (Å²) in [6.07, 6.45) is 4.94. The number of carbonyl (C=O) groups excluding carboxylic acids is 3. The van der Waals surface area contributed by atoms with Crippen molar-refractivity contribution in [3.63, 3.8) is 0 Å². The summed E-state index contributed by atoms with van der Waals surface area (Å²) in [4.78, 5) is 38.4. The van der Waals surface area contributed by atoms with E-state index < -0.39 is 11.9 Å². The Morgan fingerprint density at radius 1 is 1.16 bits per heavy atom. The Bertz CT molecular complexity index is 1040. The fourth-order valence-corrected chi connectivity index (χ4v) is 4.81. The number of benzene rings is 1. The van der Waals surface area contributed by atoms with Crippen LogP contribution in [-0.2, 0) is 35.8 Å². The van der Waals surface area contributed by atoms with Crippen LogP contribution in [0.1, 0.15) is 52.9 Å². The Morgan fingerprint density at radius 2 is 2.06 bits per heavy atom. The third-order valence-electron chi connectivity index (χ3n) is 6.42. The van der Waals surface area contributed by atoms with E-state index in [1.54, 1.807) is 4.90 Å². The molecule has 2 atom stereocenters. The van der Waals surface area contributed by atoms with Gasteiger partial charge in [-0.2, -0.15) is 0 Å². The molecule has 3 aliphatic rings. The Balaban J connectivity index is 1.20. The van der Waals surface area contributed by atoms with Crippen molar-refractivity contribution in [2.24, 2.45) is 0 Å². The van der Waals surface area contributed by atoms with Crippen molar-refractivity contribution in [3.05, 3.63) is 46.8 Å². The van der Waals surface area contributed by atoms with Crippen LogP contribution in [0.2, 0.25) is 0 Å². The molecule has 2 fully saturated rings. The molecule has 10 nitrogen and oxygen atoms in total. The SMILES string of the molecule is O=C1CCC(N2Cc3cccc(CNCc4cn(C[C@@H]5CCCN5)nn4)c3C2=O)C(=O)N1. The van der Waals surface area contributed by atoms with E-state index in [4.69, 9.17) is 0 Å². The van der Waals surface area contributed by atoms with Crippen LogP contribution in [0.4, 0.5) is 0 Å². The molecular weight excluding hydrogens is 410 g/mol. The van der Waals surface area contributed by atoms with Gasteiger partial charge in [-0.15, -0.1) is 5.10 Å². The molecule has 1 aromatic carbocycles. The first-order chi connectivity index (χ1) is 15.6. The summed E-state index contributed by atoms with van der Waals surface area (Å²) in [5.74, 6) is -0.823. The molecule has 32 heavy (non-hydrogen) atoms. The molecule has 2 aromatic rings. The molecule has 1 aromatic heterocycles. The Kier molecular flexibility index (Phi) is 5.71. The first kappa shape index (κ1) is 20.8. The monoisotopic (exact) mass is 437 g/mol. The van der Waals surface area contributed by atoms with Crippen LogP contribution in [0.15, 0.2) is 24.4 Å². The minimum Gasteiger partial charge on any atom is -0.322 e. The number of imide groups is 1. The maximum Gasteiger partial charge on any atom is 0.255 e. The number of nitrogens with one attached hydrogen (secondary N) is 3. The summed E-state index contributed by atoms with van der Waals surface area (Å²) in [5, 5.41) is 17.6. The van der Waals surface area contributed by atoms with Crippen LogP contribution < -0.4 is 16.0 Å². The predicted molar refractivity (Wildman–Crippen MR) is 114 cm³/mol. The molecule has 1 unspecified atom stereocenters. The van der Waals surface area contributed by atoms with Gasteiger partial charge in [-0.3, -0.25) is 24.4 Å². The van der Waals surface area contributed by atoms with Gasteiger partial charge in [-0.1, -0.05) is 23.4 Å². The molecule has 5 rings (SSSR count). The standard InChI is InChI=1S/C22H27N7O3/c30-19-7-6-18(21(31)25-19)29-11-15-4-1-3-14(20(15)22(29)32)9-23-10-17-13-28(27-26-17)12-16-5-2-8-24-16/h1,3-4,13,16,18,23-24H,2,5-12H2,(H,25,30,31)/t16-,18?/m0/s1. The molecular formula is C22H27N7O3. The third kappa shape index (κ3) is 4.15. The van der Waals surface area contributed by atoms with E-state index in [2.05, 4.69) is 26.3 Å². The Hall–Kier alpha value is -3.11. The molecule has 0 bridgehead atoms. The number of amides is 3. The number of rotatable bonds is 7.